The molecule has 0 bridgehead atoms. The van der Waals surface area contributed by atoms with Gasteiger partial charge in [0.2, 0.25) is 0 Å². The van der Waals surface area contributed by atoms with Crippen LogP contribution >= 0.6 is 19.8 Å². The number of fused-ring (bicyclic) bond motifs is 7. The summed E-state index contributed by atoms with van der Waals surface area (Å²) in [5.74, 6) is 3.34. The van der Waals surface area contributed by atoms with Crippen molar-refractivity contribution in [2.45, 2.75) is 158 Å². The standard InChI is InChI=1S/C45H70IN3O4/c1-30-18-22-43(7)36(42(30,5)6)19-23-44(8)37(43)17-16-35-34-15-10-21-45(34,24-25-46(35)44)39(51)47-26-20-31-12-9-13-32(28-31)38(50)48-29-33-14-11-27-49(33)40(52)53-41(2,3)4/h9,12-13,28,30,33-37H,10-11,14-27,29H2,1-8H3,(H,47,51)(H,48,50). The minimum atomic E-state index is -1.32. The summed E-state index contributed by atoms with van der Waals surface area (Å²) < 4.78 is 8.37. The Bertz CT molecular complexity index is 1560. The predicted molar refractivity (Wildman–Crippen MR) is 223 cm³/mol. The van der Waals surface area contributed by atoms with Gasteiger partial charge in [0.15, 0.2) is 0 Å². The number of benzene rings is 1. The monoisotopic (exact) mass is 843 g/mol. The third-order valence-corrected chi connectivity index (χ3v) is 25.6. The van der Waals surface area contributed by atoms with Crippen molar-refractivity contribution in [1.29, 1.82) is 0 Å². The first-order valence-corrected chi connectivity index (χ1v) is 25.1. The molecule has 6 fully saturated rings. The fourth-order valence-electron chi connectivity index (χ4n) is 13.0. The summed E-state index contributed by atoms with van der Waals surface area (Å²) >= 11 is -1.32. The van der Waals surface area contributed by atoms with Crippen molar-refractivity contribution in [1.82, 2.24) is 15.5 Å². The molecule has 296 valence electrons. The zero-order valence-corrected chi connectivity index (χ0v) is 36.4. The molecule has 8 heteroatoms. The predicted octanol–water partition coefficient (Wildman–Crippen LogP) is 9.58. The summed E-state index contributed by atoms with van der Waals surface area (Å²) in [6.45, 7) is 20.5. The maximum atomic E-state index is 14.3. The molecular formula is C45H70IN3O4. The Balaban J connectivity index is 0.944. The van der Waals surface area contributed by atoms with Crippen LogP contribution in [-0.2, 0) is 16.0 Å². The normalized spacial score (nSPS) is 38.2. The Morgan fingerprint density at radius 3 is 2.47 bits per heavy atom. The third-order valence-electron chi connectivity index (χ3n) is 16.0. The number of hydrogen-bond donors (Lipinski definition) is 2. The van der Waals surface area contributed by atoms with Crippen LogP contribution in [0.3, 0.4) is 0 Å². The second-order valence-corrected chi connectivity index (χ2v) is 27.6. The van der Waals surface area contributed by atoms with Crippen molar-refractivity contribution in [3.05, 3.63) is 35.4 Å². The van der Waals surface area contributed by atoms with Crippen molar-refractivity contribution in [2.75, 3.05) is 24.1 Å². The number of hydrogen-bond acceptors (Lipinski definition) is 4. The second-order valence-electron chi connectivity index (χ2n) is 20.2. The van der Waals surface area contributed by atoms with Crippen LogP contribution in [0, 0.1) is 39.9 Å². The molecule has 3 aliphatic heterocycles. The van der Waals surface area contributed by atoms with E-state index in [2.05, 4.69) is 51.3 Å². The Morgan fingerprint density at radius 2 is 1.70 bits per heavy atom. The topological polar surface area (TPSA) is 87.7 Å². The molecule has 3 heterocycles. The average Bonchev–Trinajstić information content (AvgIpc) is 3.77. The minimum absolute atomic E-state index is 0.0616. The molecule has 3 amide bonds. The van der Waals surface area contributed by atoms with E-state index in [0.29, 0.717) is 57.7 Å². The number of alkyl halides is 3. The number of carbonyl (C=O) groups is 3. The molecule has 0 spiro atoms. The van der Waals surface area contributed by atoms with Crippen LogP contribution in [0.1, 0.15) is 148 Å². The van der Waals surface area contributed by atoms with E-state index in [0.717, 1.165) is 52.9 Å². The average molecular weight is 844 g/mol. The van der Waals surface area contributed by atoms with Gasteiger partial charge in [0.05, 0.1) is 6.04 Å². The van der Waals surface area contributed by atoms with Crippen molar-refractivity contribution in [3.8, 4) is 0 Å². The van der Waals surface area contributed by atoms with Gasteiger partial charge in [-0.25, -0.2) is 4.79 Å². The summed E-state index contributed by atoms with van der Waals surface area (Å²) in [6.07, 6.45) is 15.3. The van der Waals surface area contributed by atoms with Gasteiger partial charge in [0, 0.05) is 13.1 Å². The third kappa shape index (κ3) is 7.08. The number of halogens is 1. The van der Waals surface area contributed by atoms with Crippen LogP contribution in [0.4, 0.5) is 4.79 Å². The van der Waals surface area contributed by atoms with Gasteiger partial charge >= 0.3 is 257 Å². The van der Waals surface area contributed by atoms with Gasteiger partial charge in [0.1, 0.15) is 5.60 Å². The van der Waals surface area contributed by atoms with Crippen molar-refractivity contribution < 1.29 is 19.1 Å². The van der Waals surface area contributed by atoms with Crippen LogP contribution in [0.5, 0.6) is 0 Å². The zero-order chi connectivity index (χ0) is 38.0. The molecule has 9 atom stereocenters. The van der Waals surface area contributed by atoms with Crippen LogP contribution < -0.4 is 10.6 Å². The van der Waals surface area contributed by atoms with Gasteiger partial charge in [-0.2, -0.15) is 0 Å². The molecule has 3 saturated carbocycles. The molecule has 3 saturated heterocycles. The molecule has 1 aromatic rings. The summed E-state index contributed by atoms with van der Waals surface area (Å²) in [6, 6.07) is 7.74. The second kappa shape index (κ2) is 14.6. The molecule has 1 aromatic carbocycles. The van der Waals surface area contributed by atoms with E-state index in [1.165, 1.54) is 55.8 Å². The van der Waals surface area contributed by atoms with Gasteiger partial charge in [-0.1, -0.05) is 0 Å². The van der Waals surface area contributed by atoms with E-state index in [9.17, 15) is 14.4 Å². The number of carbonyl (C=O) groups excluding carboxylic acids is 3. The molecule has 6 aliphatic rings. The van der Waals surface area contributed by atoms with Crippen LogP contribution in [0.2, 0.25) is 0 Å². The van der Waals surface area contributed by atoms with E-state index in [1.807, 2.05) is 39.0 Å². The molecule has 0 radical (unpaired) electrons. The number of nitrogens with zero attached hydrogens (tertiary/aromatic N) is 1. The van der Waals surface area contributed by atoms with E-state index < -0.39 is 25.4 Å². The molecule has 7 nitrogen and oxygen atoms in total. The van der Waals surface area contributed by atoms with Gasteiger partial charge in [-0.3, -0.25) is 0 Å². The summed E-state index contributed by atoms with van der Waals surface area (Å²) in [5, 5.41) is 6.52. The molecule has 53 heavy (non-hydrogen) atoms. The Kier molecular flexibility index (Phi) is 10.8. The number of amides is 3. The Labute approximate surface area is 328 Å². The van der Waals surface area contributed by atoms with E-state index in [4.69, 9.17) is 4.74 Å². The van der Waals surface area contributed by atoms with Crippen LogP contribution in [-0.4, -0.2) is 65.9 Å². The first-order chi connectivity index (χ1) is 25.0. The fourth-order valence-corrected chi connectivity index (χ4v) is 24.6. The first-order valence-electron chi connectivity index (χ1n) is 21.3. The van der Waals surface area contributed by atoms with Gasteiger partial charge in [-0.15, -0.1) is 0 Å². The molecule has 7 rings (SSSR count). The van der Waals surface area contributed by atoms with E-state index in [-0.39, 0.29) is 23.5 Å². The number of rotatable bonds is 7. The molecular weight excluding hydrogens is 773 g/mol. The van der Waals surface area contributed by atoms with E-state index >= 15 is 0 Å². The summed E-state index contributed by atoms with van der Waals surface area (Å²) in [7, 11) is 0. The molecule has 3 aliphatic carbocycles. The SMILES string of the molecule is CC1CCC2(C)C(CCC3(C)C2CCC2C4CCCC4(C(=O)NCCc4cccc(C(=O)NCC5CCCN5C(=O)OC(C)(C)C)c4)CCI23)C1(C)C. The number of ether oxygens (including phenoxy) is 1. The van der Waals surface area contributed by atoms with Gasteiger partial charge < -0.3 is 9.64 Å². The molecule has 9 unspecified atom stereocenters. The number of likely N-dealkylation sites (tertiary alicyclic amines) is 1. The Morgan fingerprint density at radius 1 is 0.906 bits per heavy atom. The first kappa shape index (κ1) is 39.4. The number of nitrogens with one attached hydrogen (secondary N) is 2. The van der Waals surface area contributed by atoms with Crippen LogP contribution in [0.15, 0.2) is 24.3 Å². The van der Waals surface area contributed by atoms with Gasteiger partial charge in [0.25, 0.3) is 0 Å². The van der Waals surface area contributed by atoms with Crippen LogP contribution in [0.25, 0.3) is 0 Å². The van der Waals surface area contributed by atoms with Crippen molar-refractivity contribution in [3.63, 3.8) is 0 Å². The Hall–Kier alpha value is -1.84. The molecule has 2 N–H and O–H groups in total. The zero-order valence-electron chi connectivity index (χ0n) is 34.3. The van der Waals surface area contributed by atoms with Gasteiger partial charge in [-0.05, 0) is 33.6 Å². The maximum absolute atomic E-state index is 14.3. The molecule has 0 aromatic heterocycles. The van der Waals surface area contributed by atoms with Crippen molar-refractivity contribution >= 4 is 37.7 Å². The summed E-state index contributed by atoms with van der Waals surface area (Å²) in [4.78, 5) is 42.0. The fraction of sp³-hybridized carbons (Fsp3) is 0.800. The van der Waals surface area contributed by atoms with Crippen molar-refractivity contribution in [2.24, 2.45) is 39.9 Å². The summed E-state index contributed by atoms with van der Waals surface area (Å²) in [5.41, 5.74) is 1.89. The van der Waals surface area contributed by atoms with E-state index in [1.54, 1.807) is 4.90 Å². The quantitative estimate of drug-likeness (QED) is 0.212.